The van der Waals surface area contributed by atoms with E-state index >= 15 is 0 Å². The molecule has 0 aliphatic carbocycles. The molecule has 1 N–H and O–H groups in total. The van der Waals surface area contributed by atoms with Crippen molar-refractivity contribution in [2.75, 3.05) is 29.9 Å². The van der Waals surface area contributed by atoms with Crippen LogP contribution >= 0.6 is 11.8 Å². The van der Waals surface area contributed by atoms with Crippen LogP contribution in [-0.4, -0.2) is 44.5 Å². The second-order valence-electron chi connectivity index (χ2n) is 6.00. The van der Waals surface area contributed by atoms with Crippen LogP contribution in [0.2, 0.25) is 0 Å². The highest BCUT2D eigenvalue weighted by atomic mass is 32.2. The summed E-state index contributed by atoms with van der Waals surface area (Å²) in [4.78, 5) is 14.2. The summed E-state index contributed by atoms with van der Waals surface area (Å²) in [6, 6.07) is 7.87. The Morgan fingerprint density at radius 1 is 1.45 bits per heavy atom. The third kappa shape index (κ3) is 4.49. The SMILES string of the molecule is CCSCc1cccc(NC(=O)N2CCS(=O)C(C)(C)C2)c1. The third-order valence-electron chi connectivity index (χ3n) is 3.67. The lowest BCUT2D eigenvalue weighted by Crippen LogP contribution is -2.53. The lowest BCUT2D eigenvalue weighted by atomic mass is 10.2. The van der Waals surface area contributed by atoms with Crippen molar-refractivity contribution >= 4 is 34.3 Å². The second kappa shape index (κ2) is 7.51. The van der Waals surface area contributed by atoms with Gasteiger partial charge >= 0.3 is 6.03 Å². The first kappa shape index (κ1) is 17.3. The number of hydrogen-bond donors (Lipinski definition) is 1. The van der Waals surface area contributed by atoms with E-state index in [1.54, 1.807) is 4.90 Å². The van der Waals surface area contributed by atoms with Crippen LogP contribution in [0.3, 0.4) is 0 Å². The standard InChI is InChI=1S/C16H24N2O2S2/c1-4-21-11-13-6-5-7-14(10-13)17-15(19)18-8-9-22(20)16(2,3)12-18/h5-7,10H,4,8-9,11-12H2,1-3H3,(H,17,19). The molecule has 0 spiro atoms. The second-order valence-corrected chi connectivity index (χ2v) is 9.48. The van der Waals surface area contributed by atoms with E-state index in [4.69, 9.17) is 0 Å². The van der Waals surface area contributed by atoms with Crippen molar-refractivity contribution in [2.45, 2.75) is 31.3 Å². The maximum Gasteiger partial charge on any atom is 0.321 e. The maximum atomic E-state index is 12.4. The summed E-state index contributed by atoms with van der Waals surface area (Å²) in [6.45, 7) is 7.11. The highest BCUT2D eigenvalue weighted by molar-refractivity contribution is 7.98. The van der Waals surface area contributed by atoms with Gasteiger partial charge in [0.15, 0.2) is 0 Å². The molecule has 0 saturated carbocycles. The van der Waals surface area contributed by atoms with Crippen molar-refractivity contribution in [3.8, 4) is 0 Å². The molecule has 1 saturated heterocycles. The molecule has 2 rings (SSSR count). The van der Waals surface area contributed by atoms with Gasteiger partial charge in [0.1, 0.15) is 0 Å². The molecule has 2 amide bonds. The van der Waals surface area contributed by atoms with Gasteiger partial charge in [0, 0.05) is 41.1 Å². The summed E-state index contributed by atoms with van der Waals surface area (Å²) in [7, 11) is -0.866. The van der Waals surface area contributed by atoms with Crippen LogP contribution in [-0.2, 0) is 16.6 Å². The Morgan fingerprint density at radius 2 is 2.23 bits per heavy atom. The quantitative estimate of drug-likeness (QED) is 0.915. The lowest BCUT2D eigenvalue weighted by molar-refractivity contribution is 0.207. The number of nitrogens with zero attached hydrogens (tertiary/aromatic N) is 1. The molecule has 1 aliphatic rings. The topological polar surface area (TPSA) is 49.4 Å². The molecule has 22 heavy (non-hydrogen) atoms. The van der Waals surface area contributed by atoms with Gasteiger partial charge < -0.3 is 10.2 Å². The Labute approximate surface area is 139 Å². The highest BCUT2D eigenvalue weighted by Gasteiger charge is 2.35. The largest absolute Gasteiger partial charge is 0.322 e. The molecule has 6 heteroatoms. The van der Waals surface area contributed by atoms with E-state index in [0.29, 0.717) is 18.8 Å². The van der Waals surface area contributed by atoms with Gasteiger partial charge in [-0.3, -0.25) is 4.21 Å². The molecule has 1 aromatic carbocycles. The molecule has 0 aromatic heterocycles. The third-order valence-corrected chi connectivity index (χ3v) is 6.53. The van der Waals surface area contributed by atoms with Gasteiger partial charge in [-0.25, -0.2) is 4.79 Å². The number of anilines is 1. The van der Waals surface area contributed by atoms with Gasteiger partial charge in [-0.15, -0.1) is 0 Å². The zero-order valence-electron chi connectivity index (χ0n) is 13.4. The lowest BCUT2D eigenvalue weighted by Gasteiger charge is -2.37. The van der Waals surface area contributed by atoms with Crippen molar-refractivity contribution in [3.63, 3.8) is 0 Å². The minimum atomic E-state index is -0.866. The van der Waals surface area contributed by atoms with E-state index in [1.165, 1.54) is 5.56 Å². The first-order valence-corrected chi connectivity index (χ1v) is 10.0. The first-order valence-electron chi connectivity index (χ1n) is 7.53. The van der Waals surface area contributed by atoms with E-state index in [1.807, 2.05) is 43.8 Å². The van der Waals surface area contributed by atoms with E-state index < -0.39 is 10.8 Å². The summed E-state index contributed by atoms with van der Waals surface area (Å²) in [5.41, 5.74) is 2.04. The number of amides is 2. The van der Waals surface area contributed by atoms with Gasteiger partial charge in [-0.2, -0.15) is 11.8 Å². The number of carbonyl (C=O) groups is 1. The fourth-order valence-corrected chi connectivity index (χ4v) is 4.27. The van der Waals surface area contributed by atoms with Crippen molar-refractivity contribution in [3.05, 3.63) is 29.8 Å². The van der Waals surface area contributed by atoms with Gasteiger partial charge in [0.25, 0.3) is 0 Å². The van der Waals surface area contributed by atoms with Crippen molar-refractivity contribution in [2.24, 2.45) is 0 Å². The Kier molecular flexibility index (Phi) is 5.92. The molecule has 1 fully saturated rings. The van der Waals surface area contributed by atoms with Crippen LogP contribution in [0.5, 0.6) is 0 Å². The highest BCUT2D eigenvalue weighted by Crippen LogP contribution is 2.21. The van der Waals surface area contributed by atoms with E-state index in [2.05, 4.69) is 18.3 Å². The van der Waals surface area contributed by atoms with E-state index in [-0.39, 0.29) is 10.8 Å². The molecule has 1 aliphatic heterocycles. The molecule has 1 heterocycles. The monoisotopic (exact) mass is 340 g/mol. The summed E-state index contributed by atoms with van der Waals surface area (Å²) < 4.78 is 11.6. The Morgan fingerprint density at radius 3 is 2.91 bits per heavy atom. The Bertz CT molecular complexity index is 561. The molecule has 1 aromatic rings. The predicted octanol–water partition coefficient (Wildman–Crippen LogP) is 3.31. The van der Waals surface area contributed by atoms with Crippen LogP contribution in [0, 0.1) is 0 Å². The van der Waals surface area contributed by atoms with Crippen molar-refractivity contribution in [1.29, 1.82) is 0 Å². The van der Waals surface area contributed by atoms with Gasteiger partial charge in [-0.05, 0) is 37.3 Å². The number of carbonyl (C=O) groups excluding carboxylic acids is 1. The average Bonchev–Trinajstić information content (AvgIpc) is 2.48. The molecule has 122 valence electrons. The predicted molar refractivity (Wildman–Crippen MR) is 96.0 cm³/mol. The first-order chi connectivity index (χ1) is 10.4. The maximum absolute atomic E-state index is 12.4. The van der Waals surface area contributed by atoms with E-state index in [9.17, 15) is 9.00 Å². The molecule has 1 unspecified atom stereocenters. The number of hydrogen-bond acceptors (Lipinski definition) is 3. The number of nitrogens with one attached hydrogen (secondary N) is 1. The number of thioether (sulfide) groups is 1. The molecule has 4 nitrogen and oxygen atoms in total. The molecular formula is C16H24N2O2S2. The fourth-order valence-electron chi connectivity index (χ4n) is 2.41. The smallest absolute Gasteiger partial charge is 0.321 e. The minimum Gasteiger partial charge on any atom is -0.322 e. The zero-order chi connectivity index (χ0) is 16.2. The number of rotatable bonds is 4. The summed E-state index contributed by atoms with van der Waals surface area (Å²) in [6.07, 6.45) is 0. The average molecular weight is 341 g/mol. The summed E-state index contributed by atoms with van der Waals surface area (Å²) >= 11 is 1.86. The van der Waals surface area contributed by atoms with Crippen molar-refractivity contribution in [1.82, 2.24) is 4.90 Å². The molecular weight excluding hydrogens is 316 g/mol. The fraction of sp³-hybridized carbons (Fsp3) is 0.562. The Balaban J connectivity index is 1.98. The Hall–Kier alpha value is -1.01. The van der Waals surface area contributed by atoms with Crippen LogP contribution in [0.4, 0.5) is 10.5 Å². The zero-order valence-corrected chi connectivity index (χ0v) is 15.1. The van der Waals surface area contributed by atoms with Gasteiger partial charge in [-0.1, -0.05) is 19.1 Å². The van der Waals surface area contributed by atoms with E-state index in [0.717, 1.165) is 17.2 Å². The summed E-state index contributed by atoms with van der Waals surface area (Å²) in [5.74, 6) is 2.58. The van der Waals surface area contributed by atoms with Crippen LogP contribution in [0.25, 0.3) is 0 Å². The summed E-state index contributed by atoms with van der Waals surface area (Å²) in [5, 5.41) is 2.96. The van der Waals surface area contributed by atoms with Gasteiger partial charge in [0.05, 0.1) is 4.75 Å². The minimum absolute atomic E-state index is 0.106. The molecule has 0 bridgehead atoms. The van der Waals surface area contributed by atoms with Crippen LogP contribution < -0.4 is 5.32 Å². The van der Waals surface area contributed by atoms with Crippen LogP contribution in [0.15, 0.2) is 24.3 Å². The van der Waals surface area contributed by atoms with Gasteiger partial charge in [0.2, 0.25) is 0 Å². The molecule has 1 atom stereocenters. The normalized spacial score (nSPS) is 20.7. The molecule has 0 radical (unpaired) electrons. The van der Waals surface area contributed by atoms with Crippen LogP contribution in [0.1, 0.15) is 26.3 Å². The number of benzene rings is 1. The van der Waals surface area contributed by atoms with Crippen molar-refractivity contribution < 1.29 is 9.00 Å². The number of urea groups is 1.